The molecule has 4 aromatic rings. The first-order valence-corrected chi connectivity index (χ1v) is 17.1. The summed E-state index contributed by atoms with van der Waals surface area (Å²) in [6, 6.07) is 13.0. The minimum absolute atomic E-state index is 0.186. The highest BCUT2D eigenvalue weighted by Crippen LogP contribution is 2.34. The Balaban J connectivity index is 1.74. The number of nitrogens with two attached hydrogens (primary N) is 1. The van der Waals surface area contributed by atoms with E-state index in [1.165, 1.54) is 17.0 Å². The lowest BCUT2D eigenvalue weighted by Gasteiger charge is -2.22. The first-order valence-electron chi connectivity index (χ1n) is 17.1. The third kappa shape index (κ3) is 9.74. The number of unbranched alkanes of at least 4 members (excludes halogenated alkanes) is 1. The molecule has 0 bridgehead atoms. The highest BCUT2D eigenvalue weighted by molar-refractivity contribution is 5.75. The average Bonchev–Trinajstić information content (AvgIpc) is 3.08. The minimum atomic E-state index is -1.15. The van der Waals surface area contributed by atoms with E-state index in [0.29, 0.717) is 60.6 Å². The number of carboxylic acid groups (broad SMARTS) is 1. The second kappa shape index (κ2) is 17.9. The lowest BCUT2D eigenvalue weighted by atomic mass is 9.94. The van der Waals surface area contributed by atoms with E-state index in [0.717, 1.165) is 48.1 Å². The van der Waals surface area contributed by atoms with Gasteiger partial charge in [0.2, 0.25) is 18.0 Å². The quantitative estimate of drug-likeness (QED) is 0.114. The average molecular weight is 670 g/mol. The van der Waals surface area contributed by atoms with Gasteiger partial charge in [-0.05, 0) is 55.7 Å². The molecule has 0 aliphatic rings. The fourth-order valence-corrected chi connectivity index (χ4v) is 5.82. The number of aromatic nitrogens is 4. The molecule has 2 aromatic carbocycles. The predicted molar refractivity (Wildman–Crippen MR) is 187 cm³/mol. The minimum Gasteiger partial charge on any atom is -0.490 e. The van der Waals surface area contributed by atoms with Crippen LogP contribution in [-0.4, -0.2) is 43.1 Å². The third-order valence-corrected chi connectivity index (χ3v) is 8.13. The molecule has 0 fully saturated rings. The fourth-order valence-electron chi connectivity index (χ4n) is 5.82. The number of ether oxygens (including phenoxy) is 2. The lowest BCUT2D eigenvalue weighted by molar-refractivity contribution is -0.145. The Labute approximate surface area is 287 Å². The van der Waals surface area contributed by atoms with Crippen molar-refractivity contribution in [2.24, 2.45) is 5.73 Å². The summed E-state index contributed by atoms with van der Waals surface area (Å²) in [4.78, 5) is 51.4. The Morgan fingerprint density at radius 3 is 2.16 bits per heavy atom. The Hall–Kier alpha value is -5.06. The number of hydrogen-bond donors (Lipinski definition) is 2. The van der Waals surface area contributed by atoms with Gasteiger partial charge in [-0.1, -0.05) is 82.5 Å². The van der Waals surface area contributed by atoms with E-state index in [1.807, 2.05) is 18.2 Å². The summed E-state index contributed by atoms with van der Waals surface area (Å²) >= 11 is 0. The van der Waals surface area contributed by atoms with Gasteiger partial charge in [0.25, 0.3) is 5.56 Å². The molecule has 0 saturated heterocycles. The zero-order valence-corrected chi connectivity index (χ0v) is 28.9. The molecule has 4 rings (SSSR count). The fraction of sp³-hybridized carbons (Fsp3) is 0.421. The molecular formula is C38H47N5O6. The van der Waals surface area contributed by atoms with E-state index in [2.05, 4.69) is 30.7 Å². The van der Waals surface area contributed by atoms with Crippen molar-refractivity contribution in [3.05, 3.63) is 105 Å². The number of hydrogen-bond acceptors (Lipinski definition) is 8. The van der Waals surface area contributed by atoms with Crippen molar-refractivity contribution in [1.29, 1.82) is 0 Å². The molecule has 0 aliphatic heterocycles. The van der Waals surface area contributed by atoms with Crippen LogP contribution in [-0.2, 0) is 35.3 Å². The van der Waals surface area contributed by atoms with Crippen molar-refractivity contribution in [3.63, 3.8) is 0 Å². The third-order valence-electron chi connectivity index (χ3n) is 8.13. The SMILES string of the molecule is CCCCc1nc(C)n(-c2ncc(OCCCC(N)=O)cn2)c(=O)c1Cc1cc(CCC)c(OC(C(=O)O)c2ccccc2)c(CCC)c1. The number of aryl methyl sites for hydroxylation is 4. The summed E-state index contributed by atoms with van der Waals surface area (Å²) in [6.45, 7) is 8.31. The van der Waals surface area contributed by atoms with Crippen LogP contribution in [0, 0.1) is 6.92 Å². The summed E-state index contributed by atoms with van der Waals surface area (Å²) in [7, 11) is 0. The van der Waals surface area contributed by atoms with E-state index < -0.39 is 18.0 Å². The van der Waals surface area contributed by atoms with Crippen LogP contribution in [0.15, 0.2) is 59.7 Å². The Bertz CT molecular complexity index is 1750. The summed E-state index contributed by atoms with van der Waals surface area (Å²) < 4.78 is 13.4. The molecule has 3 N–H and O–H groups in total. The summed E-state index contributed by atoms with van der Waals surface area (Å²) in [5.74, 6) is 0.233. The van der Waals surface area contributed by atoms with E-state index in [4.69, 9.17) is 20.2 Å². The number of nitrogens with zero attached hydrogens (tertiary/aromatic N) is 4. The molecule has 1 unspecified atom stereocenters. The van der Waals surface area contributed by atoms with Crippen molar-refractivity contribution in [3.8, 4) is 17.4 Å². The van der Waals surface area contributed by atoms with Crippen molar-refractivity contribution in [2.45, 2.75) is 98.0 Å². The lowest BCUT2D eigenvalue weighted by Crippen LogP contribution is -2.29. The zero-order chi connectivity index (χ0) is 35.3. The number of rotatable bonds is 19. The maximum Gasteiger partial charge on any atom is 0.349 e. The number of amides is 1. The molecule has 260 valence electrons. The van der Waals surface area contributed by atoms with Crippen LogP contribution in [0.2, 0.25) is 0 Å². The topological polar surface area (TPSA) is 160 Å². The van der Waals surface area contributed by atoms with Gasteiger partial charge in [0.15, 0.2) is 5.75 Å². The van der Waals surface area contributed by atoms with Crippen LogP contribution in [0.5, 0.6) is 11.5 Å². The van der Waals surface area contributed by atoms with Crippen LogP contribution in [0.3, 0.4) is 0 Å². The van der Waals surface area contributed by atoms with Crippen LogP contribution >= 0.6 is 0 Å². The maximum atomic E-state index is 14.3. The van der Waals surface area contributed by atoms with Crippen molar-refractivity contribution in [1.82, 2.24) is 19.5 Å². The molecule has 0 saturated carbocycles. The van der Waals surface area contributed by atoms with E-state index in [9.17, 15) is 19.5 Å². The van der Waals surface area contributed by atoms with Crippen LogP contribution in [0.4, 0.5) is 0 Å². The molecule has 2 heterocycles. The van der Waals surface area contributed by atoms with Gasteiger partial charge < -0.3 is 20.3 Å². The summed E-state index contributed by atoms with van der Waals surface area (Å²) in [5.41, 5.74) is 9.60. The molecule has 11 nitrogen and oxygen atoms in total. The number of carbonyl (C=O) groups is 2. The van der Waals surface area contributed by atoms with Gasteiger partial charge in [-0.2, -0.15) is 0 Å². The van der Waals surface area contributed by atoms with Crippen molar-refractivity contribution >= 4 is 11.9 Å². The summed E-state index contributed by atoms with van der Waals surface area (Å²) in [6.07, 6.45) is 8.39. The maximum absolute atomic E-state index is 14.3. The van der Waals surface area contributed by atoms with Gasteiger partial charge in [-0.25, -0.2) is 24.3 Å². The molecule has 2 aromatic heterocycles. The number of benzene rings is 2. The smallest absolute Gasteiger partial charge is 0.349 e. The summed E-state index contributed by atoms with van der Waals surface area (Å²) in [5, 5.41) is 10.1. The molecule has 49 heavy (non-hydrogen) atoms. The Morgan fingerprint density at radius 1 is 0.939 bits per heavy atom. The molecule has 0 aliphatic carbocycles. The number of primary amides is 1. The number of aliphatic carboxylic acids is 1. The number of carbonyl (C=O) groups excluding carboxylic acids is 1. The molecule has 1 atom stereocenters. The van der Waals surface area contributed by atoms with Gasteiger partial charge >= 0.3 is 5.97 Å². The van der Waals surface area contributed by atoms with Crippen molar-refractivity contribution in [2.75, 3.05) is 6.61 Å². The van der Waals surface area contributed by atoms with Gasteiger partial charge in [0.05, 0.1) is 24.7 Å². The molecule has 11 heteroatoms. The largest absolute Gasteiger partial charge is 0.490 e. The number of carboxylic acids is 1. The predicted octanol–water partition coefficient (Wildman–Crippen LogP) is 6.02. The Morgan fingerprint density at radius 2 is 1.59 bits per heavy atom. The van der Waals surface area contributed by atoms with Crippen LogP contribution < -0.4 is 20.8 Å². The highest BCUT2D eigenvalue weighted by Gasteiger charge is 2.25. The van der Waals surface area contributed by atoms with Gasteiger partial charge in [0, 0.05) is 24.0 Å². The van der Waals surface area contributed by atoms with Crippen LogP contribution in [0.25, 0.3) is 5.95 Å². The van der Waals surface area contributed by atoms with Gasteiger partial charge in [-0.3, -0.25) is 9.59 Å². The standard InChI is InChI=1S/C38H47N5O6/c1-5-8-17-32-31(36(45)43(25(4)42-32)38-40-23-30(24-41-38)48-19-12-18-33(39)44)22-26-20-28(13-6-2)34(29(21-26)14-7-3)49-35(37(46)47)27-15-10-9-11-16-27/h9-11,15-16,20-21,23-24,35H,5-8,12-14,17-19,22H2,1-4H3,(H2,39,44)(H,46,47). The monoisotopic (exact) mass is 669 g/mol. The van der Waals surface area contributed by atoms with Crippen molar-refractivity contribution < 1.29 is 24.2 Å². The first-order chi connectivity index (χ1) is 23.7. The van der Waals surface area contributed by atoms with E-state index in [-0.39, 0.29) is 24.5 Å². The molecule has 0 spiro atoms. The van der Waals surface area contributed by atoms with E-state index in [1.54, 1.807) is 31.2 Å². The normalized spacial score (nSPS) is 11.7. The van der Waals surface area contributed by atoms with Gasteiger partial charge in [-0.15, -0.1) is 0 Å². The molecule has 1 amide bonds. The molecular weight excluding hydrogens is 622 g/mol. The highest BCUT2D eigenvalue weighted by atomic mass is 16.5. The zero-order valence-electron chi connectivity index (χ0n) is 28.9. The first kappa shape index (κ1) is 36.8. The Kier molecular flexibility index (Phi) is 13.4. The molecule has 0 radical (unpaired) electrons. The second-order valence-electron chi connectivity index (χ2n) is 12.1. The second-order valence-corrected chi connectivity index (χ2v) is 12.1. The van der Waals surface area contributed by atoms with E-state index >= 15 is 0 Å². The van der Waals surface area contributed by atoms with Gasteiger partial charge in [0.1, 0.15) is 11.6 Å². The van der Waals surface area contributed by atoms with Crippen LogP contribution in [0.1, 0.15) is 105 Å².